The summed E-state index contributed by atoms with van der Waals surface area (Å²) < 4.78 is 0. The first-order valence-corrected chi connectivity index (χ1v) is 8.85. The zero-order valence-electron chi connectivity index (χ0n) is 13.3. The normalized spacial score (nSPS) is 26.3. The lowest BCUT2D eigenvalue weighted by atomic mass is 9.68. The second-order valence-corrected chi connectivity index (χ2v) is 7.68. The molecule has 0 spiro atoms. The summed E-state index contributed by atoms with van der Waals surface area (Å²) >= 11 is 12.5. The molecular formula is C18H27Cl2N. The van der Waals surface area contributed by atoms with Gasteiger partial charge in [0, 0.05) is 10.0 Å². The van der Waals surface area contributed by atoms with Crippen molar-refractivity contribution in [2.24, 2.45) is 23.7 Å². The second-order valence-electron chi connectivity index (χ2n) is 6.83. The van der Waals surface area contributed by atoms with Gasteiger partial charge in [0.05, 0.1) is 0 Å². The van der Waals surface area contributed by atoms with Crippen LogP contribution in [0.15, 0.2) is 18.2 Å². The van der Waals surface area contributed by atoms with Crippen molar-refractivity contribution < 1.29 is 0 Å². The molecule has 0 aromatic heterocycles. The lowest BCUT2D eigenvalue weighted by Gasteiger charge is -2.38. The fraction of sp³-hybridized carbons (Fsp3) is 0.667. The molecule has 1 nitrogen and oxygen atoms in total. The molecular weight excluding hydrogens is 301 g/mol. The van der Waals surface area contributed by atoms with Crippen LogP contribution in [0, 0.1) is 23.7 Å². The monoisotopic (exact) mass is 327 g/mol. The van der Waals surface area contributed by atoms with Crippen LogP contribution in [0.4, 0.5) is 0 Å². The summed E-state index contributed by atoms with van der Waals surface area (Å²) in [5.41, 5.74) is 1.21. The highest BCUT2D eigenvalue weighted by Gasteiger charge is 2.31. The van der Waals surface area contributed by atoms with E-state index >= 15 is 0 Å². The van der Waals surface area contributed by atoms with Gasteiger partial charge >= 0.3 is 0 Å². The lowest BCUT2D eigenvalue weighted by Crippen LogP contribution is -2.34. The van der Waals surface area contributed by atoms with Gasteiger partial charge in [-0.1, -0.05) is 37.0 Å². The fourth-order valence-electron chi connectivity index (χ4n) is 3.73. The maximum absolute atomic E-state index is 6.36. The molecule has 2 rings (SSSR count). The maximum atomic E-state index is 6.36. The van der Waals surface area contributed by atoms with Gasteiger partial charge in [-0.2, -0.15) is 0 Å². The minimum atomic E-state index is 0.703. The molecule has 1 aromatic rings. The Kier molecular flexibility index (Phi) is 6.40. The Bertz CT molecular complexity index is 459. The van der Waals surface area contributed by atoms with Gasteiger partial charge in [-0.25, -0.2) is 0 Å². The van der Waals surface area contributed by atoms with Crippen molar-refractivity contribution >= 4 is 23.2 Å². The molecule has 1 N–H and O–H groups in total. The maximum Gasteiger partial charge on any atom is 0.0439 e. The molecule has 0 aliphatic heterocycles. The molecule has 1 aliphatic carbocycles. The lowest BCUT2D eigenvalue weighted by molar-refractivity contribution is 0.146. The predicted molar refractivity (Wildman–Crippen MR) is 93.3 cm³/mol. The van der Waals surface area contributed by atoms with Crippen molar-refractivity contribution in [3.05, 3.63) is 33.8 Å². The average molecular weight is 328 g/mol. The van der Waals surface area contributed by atoms with Crippen LogP contribution in [0.1, 0.15) is 38.7 Å². The van der Waals surface area contributed by atoms with Crippen LogP contribution in [-0.4, -0.2) is 13.6 Å². The summed E-state index contributed by atoms with van der Waals surface area (Å²) in [4.78, 5) is 0. The number of halogens is 2. The molecule has 1 aliphatic rings. The summed E-state index contributed by atoms with van der Waals surface area (Å²) in [5.74, 6) is 3.08. The average Bonchev–Trinajstić information content (AvgIpc) is 2.44. The number of rotatable bonds is 5. The number of hydrogen-bond donors (Lipinski definition) is 1. The topological polar surface area (TPSA) is 12.0 Å². The van der Waals surface area contributed by atoms with Crippen molar-refractivity contribution in [1.29, 1.82) is 0 Å². The van der Waals surface area contributed by atoms with Crippen LogP contribution in [0.3, 0.4) is 0 Å². The number of nitrogens with one attached hydrogen (secondary N) is 1. The molecule has 21 heavy (non-hydrogen) atoms. The van der Waals surface area contributed by atoms with Crippen LogP contribution >= 0.6 is 23.2 Å². The molecule has 0 radical (unpaired) electrons. The molecule has 3 heteroatoms. The highest BCUT2D eigenvalue weighted by atomic mass is 35.5. The van der Waals surface area contributed by atoms with Gasteiger partial charge in [-0.15, -0.1) is 0 Å². The highest BCUT2D eigenvalue weighted by Crippen LogP contribution is 2.40. The van der Waals surface area contributed by atoms with Gasteiger partial charge in [0.15, 0.2) is 0 Å². The van der Waals surface area contributed by atoms with E-state index in [2.05, 4.69) is 26.2 Å². The zero-order valence-corrected chi connectivity index (χ0v) is 14.8. The molecule has 3 unspecified atom stereocenters. The van der Waals surface area contributed by atoms with E-state index in [1.54, 1.807) is 0 Å². The molecule has 0 amide bonds. The fourth-order valence-corrected chi connectivity index (χ4v) is 4.12. The van der Waals surface area contributed by atoms with Gasteiger partial charge in [-0.3, -0.25) is 0 Å². The van der Waals surface area contributed by atoms with Crippen LogP contribution < -0.4 is 5.32 Å². The van der Waals surface area contributed by atoms with Crippen molar-refractivity contribution in [3.8, 4) is 0 Å². The van der Waals surface area contributed by atoms with Crippen molar-refractivity contribution in [3.63, 3.8) is 0 Å². The van der Waals surface area contributed by atoms with Crippen molar-refractivity contribution in [1.82, 2.24) is 5.32 Å². The van der Waals surface area contributed by atoms with E-state index in [9.17, 15) is 0 Å². The molecule has 1 fully saturated rings. The largest absolute Gasteiger partial charge is 0.319 e. The quantitative estimate of drug-likeness (QED) is 0.758. The number of hydrogen-bond acceptors (Lipinski definition) is 1. The third kappa shape index (κ3) is 4.61. The zero-order chi connectivity index (χ0) is 15.4. The van der Waals surface area contributed by atoms with Crippen LogP contribution in [0.2, 0.25) is 10.0 Å². The van der Waals surface area contributed by atoms with Gasteiger partial charge in [0.2, 0.25) is 0 Å². The van der Waals surface area contributed by atoms with E-state index in [-0.39, 0.29) is 0 Å². The second kappa shape index (κ2) is 7.85. The summed E-state index contributed by atoms with van der Waals surface area (Å²) in [7, 11) is 2.05. The van der Waals surface area contributed by atoms with Crippen LogP contribution in [-0.2, 0) is 6.42 Å². The summed E-state index contributed by atoms with van der Waals surface area (Å²) in [5, 5.41) is 5.01. The Morgan fingerprint density at radius 1 is 1.19 bits per heavy atom. The standard InChI is InChI=1S/C18H27Cl2N/c1-12(2)13-4-5-14(11-21-3)15(8-13)9-16-10-17(19)6-7-18(16)20/h6-7,10,12-15,21H,4-5,8-9,11H2,1-3H3. The van der Waals surface area contributed by atoms with E-state index in [1.807, 2.05) is 18.2 Å². The Balaban J connectivity index is 2.13. The van der Waals surface area contributed by atoms with E-state index in [4.69, 9.17) is 23.2 Å². The number of benzene rings is 1. The molecule has 1 saturated carbocycles. The molecule has 0 saturated heterocycles. The summed E-state index contributed by atoms with van der Waals surface area (Å²) in [6.07, 6.45) is 5.05. The van der Waals surface area contributed by atoms with E-state index in [0.717, 1.165) is 40.8 Å². The first-order chi connectivity index (χ1) is 10.0. The van der Waals surface area contributed by atoms with Crippen LogP contribution in [0.25, 0.3) is 0 Å². The molecule has 3 atom stereocenters. The smallest absolute Gasteiger partial charge is 0.0439 e. The highest BCUT2D eigenvalue weighted by molar-refractivity contribution is 6.33. The predicted octanol–water partition coefficient (Wildman–Crippen LogP) is 5.44. The minimum Gasteiger partial charge on any atom is -0.319 e. The Morgan fingerprint density at radius 2 is 1.95 bits per heavy atom. The summed E-state index contributed by atoms with van der Waals surface area (Å²) in [6.45, 7) is 5.81. The Labute approximate surface area is 139 Å². The Morgan fingerprint density at radius 3 is 2.62 bits per heavy atom. The first kappa shape index (κ1) is 17.1. The van der Waals surface area contributed by atoms with Gasteiger partial charge in [-0.05, 0) is 86.7 Å². The summed E-state index contributed by atoms with van der Waals surface area (Å²) in [6, 6.07) is 5.84. The van der Waals surface area contributed by atoms with Gasteiger partial charge in [0.1, 0.15) is 0 Å². The van der Waals surface area contributed by atoms with Gasteiger partial charge < -0.3 is 5.32 Å². The minimum absolute atomic E-state index is 0.703. The molecule has 1 aromatic carbocycles. The molecule has 118 valence electrons. The van der Waals surface area contributed by atoms with Crippen LogP contribution in [0.5, 0.6) is 0 Å². The van der Waals surface area contributed by atoms with E-state index < -0.39 is 0 Å². The van der Waals surface area contributed by atoms with E-state index in [1.165, 1.54) is 24.8 Å². The van der Waals surface area contributed by atoms with Gasteiger partial charge in [0.25, 0.3) is 0 Å². The SMILES string of the molecule is CNCC1CCC(C(C)C)CC1Cc1cc(Cl)ccc1Cl. The van der Waals surface area contributed by atoms with E-state index in [0.29, 0.717) is 5.92 Å². The molecule has 0 heterocycles. The Hall–Kier alpha value is -0.240. The van der Waals surface area contributed by atoms with Crippen molar-refractivity contribution in [2.45, 2.75) is 39.5 Å². The third-order valence-corrected chi connectivity index (χ3v) is 5.68. The third-order valence-electron chi connectivity index (χ3n) is 5.08. The first-order valence-electron chi connectivity index (χ1n) is 8.09. The molecule has 0 bridgehead atoms. The van der Waals surface area contributed by atoms with Crippen molar-refractivity contribution in [2.75, 3.05) is 13.6 Å².